The van der Waals surface area contributed by atoms with Gasteiger partial charge in [-0.25, -0.2) is 4.98 Å². The van der Waals surface area contributed by atoms with Gasteiger partial charge in [-0.3, -0.25) is 4.79 Å². The fourth-order valence-corrected chi connectivity index (χ4v) is 1.75. The molecule has 6 heteroatoms. The number of hydrogen-bond acceptors (Lipinski definition) is 4. The van der Waals surface area contributed by atoms with E-state index in [1.807, 2.05) is 6.92 Å². The topological polar surface area (TPSA) is 77.2 Å². The Morgan fingerprint density at radius 1 is 1.40 bits per heavy atom. The molecule has 1 aromatic heterocycles. The van der Waals surface area contributed by atoms with Gasteiger partial charge in [0.15, 0.2) is 0 Å². The van der Waals surface area contributed by atoms with Gasteiger partial charge in [0.2, 0.25) is 0 Å². The highest BCUT2D eigenvalue weighted by molar-refractivity contribution is 6.30. The number of benzene rings is 1. The van der Waals surface area contributed by atoms with E-state index in [2.05, 4.69) is 10.3 Å². The van der Waals surface area contributed by atoms with E-state index in [0.717, 1.165) is 0 Å². The molecular weight excluding hydrogens is 278 g/mol. The first-order valence-electron chi connectivity index (χ1n) is 6.04. The fraction of sp³-hybridized carbons (Fsp3) is 0.143. The van der Waals surface area contributed by atoms with E-state index in [1.165, 1.54) is 6.20 Å². The van der Waals surface area contributed by atoms with Gasteiger partial charge in [0.25, 0.3) is 5.91 Å². The van der Waals surface area contributed by atoms with Crippen LogP contribution in [0.3, 0.4) is 0 Å². The number of nitrogen functional groups attached to an aromatic ring is 1. The van der Waals surface area contributed by atoms with Crippen LogP contribution in [0, 0.1) is 0 Å². The van der Waals surface area contributed by atoms with Crippen molar-refractivity contribution in [2.75, 3.05) is 17.7 Å². The first-order chi connectivity index (χ1) is 9.58. The molecule has 2 aromatic rings. The van der Waals surface area contributed by atoms with Crippen LogP contribution in [0.1, 0.15) is 17.3 Å². The molecule has 2 rings (SSSR count). The van der Waals surface area contributed by atoms with Gasteiger partial charge in [0.05, 0.1) is 11.6 Å². The van der Waals surface area contributed by atoms with Crippen molar-refractivity contribution >= 4 is 29.0 Å². The number of anilines is 2. The molecule has 0 saturated heterocycles. The smallest absolute Gasteiger partial charge is 0.257 e. The quantitative estimate of drug-likeness (QED) is 0.849. The highest BCUT2D eigenvalue weighted by atomic mass is 35.5. The van der Waals surface area contributed by atoms with Crippen LogP contribution in [0.2, 0.25) is 5.02 Å². The summed E-state index contributed by atoms with van der Waals surface area (Å²) in [5.41, 5.74) is 6.62. The molecule has 0 aliphatic carbocycles. The van der Waals surface area contributed by atoms with E-state index < -0.39 is 0 Å². The lowest BCUT2D eigenvalue weighted by Gasteiger charge is -2.08. The number of amides is 1. The largest absolute Gasteiger partial charge is 0.494 e. The SMILES string of the molecule is CCOc1cc(N)cc(C(=O)Nc2ccc(Cl)cn2)c1. The van der Waals surface area contributed by atoms with E-state index in [1.54, 1.807) is 30.3 Å². The average Bonchev–Trinajstić information content (AvgIpc) is 2.41. The number of nitrogens with two attached hydrogens (primary N) is 1. The van der Waals surface area contributed by atoms with Crippen LogP contribution in [-0.2, 0) is 0 Å². The van der Waals surface area contributed by atoms with Gasteiger partial charge in [-0.1, -0.05) is 11.6 Å². The molecule has 1 amide bonds. The third kappa shape index (κ3) is 3.61. The van der Waals surface area contributed by atoms with Crippen molar-refractivity contribution in [1.82, 2.24) is 4.98 Å². The zero-order valence-electron chi connectivity index (χ0n) is 10.9. The molecule has 0 spiro atoms. The molecule has 1 heterocycles. The molecule has 0 fully saturated rings. The molecule has 0 radical (unpaired) electrons. The van der Waals surface area contributed by atoms with Gasteiger partial charge < -0.3 is 15.8 Å². The number of nitrogens with one attached hydrogen (secondary N) is 1. The van der Waals surface area contributed by atoms with E-state index in [9.17, 15) is 4.79 Å². The zero-order chi connectivity index (χ0) is 14.5. The normalized spacial score (nSPS) is 10.1. The summed E-state index contributed by atoms with van der Waals surface area (Å²) in [5, 5.41) is 3.17. The van der Waals surface area contributed by atoms with Crippen LogP contribution in [-0.4, -0.2) is 17.5 Å². The Morgan fingerprint density at radius 2 is 2.20 bits per heavy atom. The van der Waals surface area contributed by atoms with Crippen molar-refractivity contribution in [2.45, 2.75) is 6.92 Å². The second kappa shape index (κ2) is 6.25. The van der Waals surface area contributed by atoms with Crippen molar-refractivity contribution in [1.29, 1.82) is 0 Å². The predicted octanol–water partition coefficient (Wildman–Crippen LogP) is 2.97. The van der Waals surface area contributed by atoms with Crippen LogP contribution < -0.4 is 15.8 Å². The molecule has 104 valence electrons. The Hall–Kier alpha value is -2.27. The number of pyridine rings is 1. The highest BCUT2D eigenvalue weighted by Gasteiger charge is 2.09. The summed E-state index contributed by atoms with van der Waals surface area (Å²) in [7, 11) is 0. The van der Waals surface area contributed by atoms with Crippen LogP contribution in [0.15, 0.2) is 36.5 Å². The number of carbonyl (C=O) groups is 1. The minimum atomic E-state index is -0.312. The second-order valence-electron chi connectivity index (χ2n) is 4.04. The Kier molecular flexibility index (Phi) is 4.42. The molecule has 0 atom stereocenters. The lowest BCUT2D eigenvalue weighted by molar-refractivity contribution is 0.102. The van der Waals surface area contributed by atoms with Gasteiger partial charge in [-0.2, -0.15) is 0 Å². The Balaban J connectivity index is 2.18. The number of aromatic nitrogens is 1. The van der Waals surface area contributed by atoms with Gasteiger partial charge in [-0.15, -0.1) is 0 Å². The van der Waals surface area contributed by atoms with E-state index in [0.29, 0.717) is 34.4 Å². The van der Waals surface area contributed by atoms with Gasteiger partial charge in [0.1, 0.15) is 11.6 Å². The lowest BCUT2D eigenvalue weighted by Crippen LogP contribution is -2.13. The van der Waals surface area contributed by atoms with Crippen molar-refractivity contribution < 1.29 is 9.53 Å². The minimum Gasteiger partial charge on any atom is -0.494 e. The van der Waals surface area contributed by atoms with Crippen molar-refractivity contribution in [2.24, 2.45) is 0 Å². The zero-order valence-corrected chi connectivity index (χ0v) is 11.6. The molecule has 0 saturated carbocycles. The summed E-state index contributed by atoms with van der Waals surface area (Å²) in [5.74, 6) is 0.662. The molecule has 5 nitrogen and oxygen atoms in total. The van der Waals surface area contributed by atoms with Gasteiger partial charge in [0, 0.05) is 23.5 Å². The first kappa shape index (κ1) is 14.1. The third-order valence-corrected chi connectivity index (χ3v) is 2.69. The molecule has 1 aromatic carbocycles. The summed E-state index contributed by atoms with van der Waals surface area (Å²) < 4.78 is 5.35. The van der Waals surface area contributed by atoms with E-state index >= 15 is 0 Å². The number of rotatable bonds is 4. The number of carbonyl (C=O) groups excluding carboxylic acids is 1. The molecule has 3 N–H and O–H groups in total. The third-order valence-electron chi connectivity index (χ3n) is 2.47. The predicted molar refractivity (Wildman–Crippen MR) is 79.2 cm³/mol. The number of nitrogens with zero attached hydrogens (tertiary/aromatic N) is 1. The van der Waals surface area contributed by atoms with E-state index in [-0.39, 0.29) is 5.91 Å². The Labute approximate surface area is 121 Å². The fourth-order valence-electron chi connectivity index (χ4n) is 1.64. The maximum absolute atomic E-state index is 12.1. The monoisotopic (exact) mass is 291 g/mol. The van der Waals surface area contributed by atoms with Crippen LogP contribution in [0.4, 0.5) is 11.5 Å². The van der Waals surface area contributed by atoms with Crippen LogP contribution in [0.25, 0.3) is 0 Å². The summed E-state index contributed by atoms with van der Waals surface area (Å²) in [6.45, 7) is 2.36. The average molecular weight is 292 g/mol. The van der Waals surface area contributed by atoms with Crippen LogP contribution >= 0.6 is 11.6 Å². The van der Waals surface area contributed by atoms with Crippen molar-refractivity contribution in [3.8, 4) is 5.75 Å². The Bertz CT molecular complexity index is 614. The second-order valence-corrected chi connectivity index (χ2v) is 4.48. The maximum Gasteiger partial charge on any atom is 0.257 e. The van der Waals surface area contributed by atoms with Gasteiger partial charge >= 0.3 is 0 Å². The summed E-state index contributed by atoms with van der Waals surface area (Å²) >= 11 is 5.73. The highest BCUT2D eigenvalue weighted by Crippen LogP contribution is 2.20. The number of hydrogen-bond donors (Lipinski definition) is 2. The van der Waals surface area contributed by atoms with Crippen molar-refractivity contribution in [3.05, 3.63) is 47.1 Å². The molecule has 20 heavy (non-hydrogen) atoms. The number of halogens is 1. The summed E-state index contributed by atoms with van der Waals surface area (Å²) in [4.78, 5) is 16.1. The number of ether oxygens (including phenoxy) is 1. The molecular formula is C14H14ClN3O2. The molecule has 0 aliphatic heterocycles. The lowest BCUT2D eigenvalue weighted by atomic mass is 10.1. The molecule has 0 unspecified atom stereocenters. The molecule has 0 bridgehead atoms. The Morgan fingerprint density at radius 3 is 2.85 bits per heavy atom. The maximum atomic E-state index is 12.1. The van der Waals surface area contributed by atoms with Gasteiger partial charge in [-0.05, 0) is 31.2 Å². The summed E-state index contributed by atoms with van der Waals surface area (Å²) in [6.07, 6.45) is 1.46. The summed E-state index contributed by atoms with van der Waals surface area (Å²) in [6, 6.07) is 8.14. The molecule has 0 aliphatic rings. The van der Waals surface area contributed by atoms with Crippen LogP contribution in [0.5, 0.6) is 5.75 Å². The standard InChI is InChI=1S/C14H14ClN3O2/c1-2-20-12-6-9(5-11(16)7-12)14(19)18-13-4-3-10(15)8-17-13/h3-8H,2,16H2,1H3,(H,17,18,19). The minimum absolute atomic E-state index is 0.312. The van der Waals surface area contributed by atoms with E-state index in [4.69, 9.17) is 22.1 Å². The van der Waals surface area contributed by atoms with Crippen molar-refractivity contribution in [3.63, 3.8) is 0 Å². The first-order valence-corrected chi connectivity index (χ1v) is 6.42.